The molecular formula is C23H27N5O7S. The highest BCUT2D eigenvalue weighted by Gasteiger charge is 2.22. The van der Waals surface area contributed by atoms with Crippen LogP contribution in [0.15, 0.2) is 52.7 Å². The summed E-state index contributed by atoms with van der Waals surface area (Å²) >= 11 is 0. The van der Waals surface area contributed by atoms with Gasteiger partial charge in [-0.2, -0.15) is 0 Å². The van der Waals surface area contributed by atoms with Crippen LogP contribution < -0.4 is 14.2 Å². The molecule has 3 N–H and O–H groups in total. The number of hydrogen-bond acceptors (Lipinski definition) is 10. The number of sulfonamides is 1. The molecule has 12 nitrogen and oxygen atoms in total. The number of nitrogens with zero attached hydrogens (tertiary/aromatic N) is 3. The van der Waals surface area contributed by atoms with Gasteiger partial charge in [0.1, 0.15) is 29.4 Å². The van der Waals surface area contributed by atoms with Gasteiger partial charge in [-0.05, 0) is 38.2 Å². The third kappa shape index (κ3) is 5.99. The number of aliphatic hydroxyl groups excluding tert-OH is 1. The maximum Gasteiger partial charge on any atom is 0.259 e. The molecule has 2 aromatic heterocycles. The Balaban J connectivity index is 1.62. The second-order valence-electron chi connectivity index (χ2n) is 7.93. The zero-order chi connectivity index (χ0) is 25.7. The van der Waals surface area contributed by atoms with Crippen LogP contribution in [0.25, 0.3) is 11.3 Å². The summed E-state index contributed by atoms with van der Waals surface area (Å²) in [5.41, 5.74) is 2.17. The lowest BCUT2D eigenvalue weighted by atomic mass is 10.1. The van der Waals surface area contributed by atoms with E-state index in [0.717, 1.165) is 17.5 Å². The van der Waals surface area contributed by atoms with Gasteiger partial charge in [0, 0.05) is 24.4 Å². The van der Waals surface area contributed by atoms with E-state index in [1.54, 1.807) is 19.2 Å². The monoisotopic (exact) mass is 517 g/mol. The number of ether oxygens (including phenoxy) is 4. The SMILES string of the molecule is CNS(=O)(=O)c1cnc(Oc2cc(O[C@@H](C)COC)cc(-c3ccc(C4=NC[C@H](CO)O4)[nH]3)c2)cn1. The minimum Gasteiger partial charge on any atom is -0.488 e. The van der Waals surface area contributed by atoms with Crippen LogP contribution in [0.1, 0.15) is 12.6 Å². The fourth-order valence-electron chi connectivity index (χ4n) is 3.43. The van der Waals surface area contributed by atoms with Crippen molar-refractivity contribution in [2.24, 2.45) is 4.99 Å². The summed E-state index contributed by atoms with van der Waals surface area (Å²) in [4.78, 5) is 15.6. The smallest absolute Gasteiger partial charge is 0.259 e. The van der Waals surface area contributed by atoms with E-state index in [9.17, 15) is 13.5 Å². The molecule has 0 spiro atoms. The van der Waals surface area contributed by atoms with Crippen LogP contribution in [-0.4, -0.2) is 80.5 Å². The highest BCUT2D eigenvalue weighted by Crippen LogP contribution is 2.32. The Hall–Kier alpha value is -3.52. The molecule has 0 saturated carbocycles. The van der Waals surface area contributed by atoms with E-state index in [0.29, 0.717) is 36.2 Å². The third-order valence-corrected chi connectivity index (χ3v) is 6.44. The van der Waals surface area contributed by atoms with Crippen molar-refractivity contribution < 1.29 is 32.5 Å². The summed E-state index contributed by atoms with van der Waals surface area (Å²) in [5.74, 6) is 1.47. The Morgan fingerprint density at radius 2 is 1.97 bits per heavy atom. The van der Waals surface area contributed by atoms with Crippen molar-refractivity contribution >= 4 is 15.9 Å². The second kappa shape index (κ2) is 11.0. The molecular weight excluding hydrogens is 490 g/mol. The number of aliphatic hydroxyl groups is 1. The average molecular weight is 518 g/mol. The van der Waals surface area contributed by atoms with Crippen molar-refractivity contribution in [3.8, 4) is 28.6 Å². The average Bonchev–Trinajstić information content (AvgIpc) is 3.54. The molecule has 3 heterocycles. The predicted molar refractivity (Wildman–Crippen MR) is 130 cm³/mol. The molecule has 0 radical (unpaired) electrons. The first-order valence-electron chi connectivity index (χ1n) is 11.1. The van der Waals surface area contributed by atoms with Gasteiger partial charge in [0.05, 0.1) is 32.2 Å². The van der Waals surface area contributed by atoms with Crippen molar-refractivity contribution in [1.82, 2.24) is 19.7 Å². The van der Waals surface area contributed by atoms with Gasteiger partial charge in [0.2, 0.25) is 11.8 Å². The highest BCUT2D eigenvalue weighted by atomic mass is 32.2. The van der Waals surface area contributed by atoms with E-state index < -0.39 is 10.0 Å². The number of aromatic amines is 1. The van der Waals surface area contributed by atoms with Crippen molar-refractivity contribution in [2.75, 3.05) is 33.9 Å². The van der Waals surface area contributed by atoms with Crippen LogP contribution in [0.5, 0.6) is 17.4 Å². The number of rotatable bonds is 11. The Bertz CT molecular complexity index is 1320. The van der Waals surface area contributed by atoms with Crippen LogP contribution in [0.4, 0.5) is 0 Å². The van der Waals surface area contributed by atoms with Crippen LogP contribution in [0, 0.1) is 0 Å². The van der Waals surface area contributed by atoms with E-state index in [1.807, 2.05) is 25.1 Å². The van der Waals surface area contributed by atoms with Gasteiger partial charge in [0.25, 0.3) is 10.0 Å². The van der Waals surface area contributed by atoms with Gasteiger partial charge in [0.15, 0.2) is 5.03 Å². The van der Waals surface area contributed by atoms with Crippen molar-refractivity contribution in [3.05, 3.63) is 48.4 Å². The maximum atomic E-state index is 11.9. The molecule has 0 saturated heterocycles. The van der Waals surface area contributed by atoms with E-state index in [1.165, 1.54) is 13.2 Å². The topological polar surface area (TPSA) is 157 Å². The van der Waals surface area contributed by atoms with Crippen molar-refractivity contribution in [1.29, 1.82) is 0 Å². The number of benzene rings is 1. The molecule has 0 aliphatic carbocycles. The van der Waals surface area contributed by atoms with E-state index in [4.69, 9.17) is 18.9 Å². The number of aliphatic imine (C=N–C) groups is 1. The van der Waals surface area contributed by atoms with E-state index in [-0.39, 0.29) is 29.7 Å². The van der Waals surface area contributed by atoms with Gasteiger partial charge in [-0.1, -0.05) is 0 Å². The zero-order valence-corrected chi connectivity index (χ0v) is 20.8. The molecule has 1 aromatic carbocycles. The molecule has 2 atom stereocenters. The summed E-state index contributed by atoms with van der Waals surface area (Å²) in [7, 11) is -0.828. The summed E-state index contributed by atoms with van der Waals surface area (Å²) < 4.78 is 48.6. The summed E-state index contributed by atoms with van der Waals surface area (Å²) in [5, 5.41) is 9.07. The Morgan fingerprint density at radius 3 is 2.64 bits per heavy atom. The molecule has 0 bridgehead atoms. The minimum atomic E-state index is -3.72. The molecule has 0 amide bonds. The van der Waals surface area contributed by atoms with Crippen molar-refractivity contribution in [3.63, 3.8) is 0 Å². The van der Waals surface area contributed by atoms with E-state index in [2.05, 4.69) is 24.7 Å². The normalized spacial score (nSPS) is 16.3. The number of hydrogen-bond donors (Lipinski definition) is 3. The molecule has 1 aliphatic rings. The first-order valence-corrected chi connectivity index (χ1v) is 12.6. The van der Waals surface area contributed by atoms with Crippen LogP contribution >= 0.6 is 0 Å². The van der Waals surface area contributed by atoms with Crippen molar-refractivity contribution in [2.45, 2.75) is 24.2 Å². The predicted octanol–water partition coefficient (Wildman–Crippen LogP) is 1.72. The number of methoxy groups -OCH3 is 1. The lowest BCUT2D eigenvalue weighted by molar-refractivity contribution is 0.0920. The molecule has 1 aliphatic heterocycles. The largest absolute Gasteiger partial charge is 0.488 e. The molecule has 36 heavy (non-hydrogen) atoms. The summed E-state index contributed by atoms with van der Waals surface area (Å²) in [6, 6.07) is 9.01. The summed E-state index contributed by atoms with van der Waals surface area (Å²) in [6.45, 7) is 2.56. The van der Waals surface area contributed by atoms with Gasteiger partial charge in [-0.15, -0.1) is 0 Å². The number of nitrogens with one attached hydrogen (secondary N) is 2. The Kier molecular flexibility index (Phi) is 7.84. The Labute approximate surface area is 208 Å². The fraction of sp³-hybridized carbons (Fsp3) is 0.348. The lowest BCUT2D eigenvalue weighted by Crippen LogP contribution is -2.19. The lowest BCUT2D eigenvalue weighted by Gasteiger charge is -2.16. The van der Waals surface area contributed by atoms with Gasteiger partial charge in [-0.3, -0.25) is 0 Å². The van der Waals surface area contributed by atoms with E-state index >= 15 is 0 Å². The van der Waals surface area contributed by atoms with Crippen LogP contribution in [0.3, 0.4) is 0 Å². The summed E-state index contributed by atoms with van der Waals surface area (Å²) in [6.07, 6.45) is 1.77. The zero-order valence-electron chi connectivity index (χ0n) is 20.0. The molecule has 192 valence electrons. The molecule has 3 aromatic rings. The Morgan fingerprint density at radius 1 is 1.19 bits per heavy atom. The number of aromatic nitrogens is 3. The fourth-order valence-corrected chi connectivity index (χ4v) is 4.02. The minimum absolute atomic E-state index is 0.106. The first-order chi connectivity index (χ1) is 17.3. The molecule has 13 heteroatoms. The maximum absolute atomic E-state index is 11.9. The first kappa shape index (κ1) is 25.6. The van der Waals surface area contributed by atoms with Crippen LogP contribution in [0.2, 0.25) is 0 Å². The van der Waals surface area contributed by atoms with Gasteiger partial charge in [-0.25, -0.2) is 28.1 Å². The third-order valence-electron chi connectivity index (χ3n) is 5.14. The highest BCUT2D eigenvalue weighted by molar-refractivity contribution is 7.89. The molecule has 0 fully saturated rings. The standard InChI is InChI=1S/C23H27N5O7S/c1-14(13-32-3)33-16-6-15(19-4-5-20(28-19)23-27-9-18(12-29)35-23)7-17(8-16)34-21-10-26-22(11-25-21)36(30,31)24-2/h4-8,10-11,14,18,24,28-29H,9,12-13H2,1-3H3/t14-,18+/m0/s1. The number of H-pyrrole nitrogens is 1. The van der Waals surface area contributed by atoms with Gasteiger partial charge < -0.3 is 29.0 Å². The quantitative estimate of drug-likeness (QED) is 0.344. The molecule has 4 rings (SSSR count). The van der Waals surface area contributed by atoms with Gasteiger partial charge >= 0.3 is 0 Å². The van der Waals surface area contributed by atoms with Crippen LogP contribution in [-0.2, 0) is 19.5 Å². The molecule has 0 unspecified atom stereocenters. The second-order valence-corrected chi connectivity index (χ2v) is 9.77.